The highest BCUT2D eigenvalue weighted by Gasteiger charge is 2.41. The Morgan fingerprint density at radius 3 is 2.59 bits per heavy atom. The number of nitrogens with one attached hydrogen (secondary N) is 1. The molecule has 3 nitrogen and oxygen atoms in total. The molecule has 1 aliphatic carbocycles. The van der Waals surface area contributed by atoms with Crippen molar-refractivity contribution in [3.05, 3.63) is 0 Å². The van der Waals surface area contributed by atoms with Crippen LogP contribution in [0.15, 0.2) is 0 Å². The predicted octanol–water partition coefficient (Wildman–Crippen LogP) is 2.85. The third kappa shape index (κ3) is 3.94. The Kier molecular flexibility index (Phi) is 5.90. The molecule has 0 aromatic carbocycles. The van der Waals surface area contributed by atoms with Crippen LogP contribution < -0.4 is 11.3 Å². The third-order valence-electron chi connectivity index (χ3n) is 4.27. The predicted molar refractivity (Wildman–Crippen MR) is 72.6 cm³/mol. The molecule has 102 valence electrons. The maximum Gasteiger partial charge on any atom is 0.0846 e. The van der Waals surface area contributed by atoms with Crippen LogP contribution in [0.2, 0.25) is 0 Å². The molecule has 3 heteroatoms. The standard InChI is InChI=1S/C14H30N2O/c1-11(2)7-8-13(16-15)14(17-4)9-5-6-12(3)10-14/h11-13,16H,5-10,15H2,1-4H3. The van der Waals surface area contributed by atoms with Crippen molar-refractivity contribution in [3.63, 3.8) is 0 Å². The first-order chi connectivity index (χ1) is 8.04. The van der Waals surface area contributed by atoms with Gasteiger partial charge in [0.1, 0.15) is 0 Å². The summed E-state index contributed by atoms with van der Waals surface area (Å²) in [6.07, 6.45) is 7.17. The number of nitrogens with two attached hydrogens (primary N) is 1. The lowest BCUT2D eigenvalue weighted by Crippen LogP contribution is -2.56. The first-order valence-electron chi connectivity index (χ1n) is 7.05. The van der Waals surface area contributed by atoms with E-state index >= 15 is 0 Å². The van der Waals surface area contributed by atoms with Gasteiger partial charge < -0.3 is 4.74 Å². The molecule has 0 aliphatic heterocycles. The summed E-state index contributed by atoms with van der Waals surface area (Å²) in [7, 11) is 1.84. The second-order valence-electron chi connectivity index (χ2n) is 6.16. The normalized spacial score (nSPS) is 31.8. The fraction of sp³-hybridized carbons (Fsp3) is 1.00. The van der Waals surface area contributed by atoms with Crippen molar-refractivity contribution in [2.45, 2.75) is 70.9 Å². The van der Waals surface area contributed by atoms with Crippen molar-refractivity contribution < 1.29 is 4.74 Å². The Bertz CT molecular complexity index is 220. The monoisotopic (exact) mass is 242 g/mol. The van der Waals surface area contributed by atoms with Crippen LogP contribution in [0.3, 0.4) is 0 Å². The molecule has 0 spiro atoms. The zero-order valence-corrected chi connectivity index (χ0v) is 12.0. The zero-order chi connectivity index (χ0) is 12.9. The van der Waals surface area contributed by atoms with Gasteiger partial charge in [-0.15, -0.1) is 0 Å². The SMILES string of the molecule is COC1(C(CCC(C)C)NN)CCCC(C)C1. The summed E-state index contributed by atoms with van der Waals surface area (Å²) >= 11 is 0. The molecule has 1 rings (SSSR count). The van der Waals surface area contributed by atoms with Gasteiger partial charge in [-0.2, -0.15) is 0 Å². The van der Waals surface area contributed by atoms with Crippen LogP contribution in [0.25, 0.3) is 0 Å². The number of ether oxygens (including phenoxy) is 1. The van der Waals surface area contributed by atoms with Crippen molar-refractivity contribution in [2.75, 3.05) is 7.11 Å². The Hall–Kier alpha value is -0.120. The lowest BCUT2D eigenvalue weighted by Gasteiger charge is -2.44. The molecular formula is C14H30N2O. The van der Waals surface area contributed by atoms with Gasteiger partial charge in [0, 0.05) is 7.11 Å². The van der Waals surface area contributed by atoms with E-state index in [0.29, 0.717) is 0 Å². The van der Waals surface area contributed by atoms with Crippen molar-refractivity contribution >= 4 is 0 Å². The van der Waals surface area contributed by atoms with Crippen LogP contribution in [0.5, 0.6) is 0 Å². The lowest BCUT2D eigenvalue weighted by molar-refractivity contribution is -0.0818. The molecule has 3 unspecified atom stereocenters. The van der Waals surface area contributed by atoms with Gasteiger partial charge in [0.15, 0.2) is 0 Å². The summed E-state index contributed by atoms with van der Waals surface area (Å²) < 4.78 is 5.89. The fourth-order valence-electron chi connectivity index (χ4n) is 3.19. The van der Waals surface area contributed by atoms with E-state index in [0.717, 1.165) is 31.1 Å². The van der Waals surface area contributed by atoms with E-state index in [1.807, 2.05) is 7.11 Å². The van der Waals surface area contributed by atoms with E-state index in [-0.39, 0.29) is 11.6 Å². The van der Waals surface area contributed by atoms with Gasteiger partial charge in [0.05, 0.1) is 11.6 Å². The van der Waals surface area contributed by atoms with Crippen molar-refractivity contribution in [3.8, 4) is 0 Å². The summed E-state index contributed by atoms with van der Waals surface area (Å²) in [5, 5.41) is 0. The van der Waals surface area contributed by atoms with Gasteiger partial charge in [0.2, 0.25) is 0 Å². The zero-order valence-electron chi connectivity index (χ0n) is 12.0. The number of hydrogen-bond acceptors (Lipinski definition) is 3. The van der Waals surface area contributed by atoms with E-state index in [2.05, 4.69) is 26.2 Å². The average Bonchev–Trinajstić information content (AvgIpc) is 2.29. The first kappa shape index (κ1) is 14.9. The molecule has 0 amide bonds. The van der Waals surface area contributed by atoms with Gasteiger partial charge in [0.25, 0.3) is 0 Å². The van der Waals surface area contributed by atoms with Crippen LogP contribution >= 0.6 is 0 Å². The van der Waals surface area contributed by atoms with E-state index in [1.54, 1.807) is 0 Å². The number of methoxy groups -OCH3 is 1. The summed E-state index contributed by atoms with van der Waals surface area (Å²) in [4.78, 5) is 0. The molecule has 17 heavy (non-hydrogen) atoms. The van der Waals surface area contributed by atoms with Gasteiger partial charge in [-0.25, -0.2) is 0 Å². The van der Waals surface area contributed by atoms with E-state index < -0.39 is 0 Å². The fourth-order valence-corrected chi connectivity index (χ4v) is 3.19. The second-order valence-corrected chi connectivity index (χ2v) is 6.16. The van der Waals surface area contributed by atoms with Gasteiger partial charge in [-0.1, -0.05) is 33.6 Å². The molecule has 3 atom stereocenters. The number of rotatable bonds is 6. The topological polar surface area (TPSA) is 47.3 Å². The molecule has 1 fully saturated rings. The number of hydrogen-bond donors (Lipinski definition) is 2. The summed E-state index contributed by atoms with van der Waals surface area (Å²) in [5.41, 5.74) is 2.97. The summed E-state index contributed by atoms with van der Waals surface area (Å²) in [6.45, 7) is 6.84. The van der Waals surface area contributed by atoms with E-state index in [9.17, 15) is 0 Å². The lowest BCUT2D eigenvalue weighted by atomic mass is 9.73. The maximum absolute atomic E-state index is 5.89. The highest BCUT2D eigenvalue weighted by Crippen LogP contribution is 2.38. The highest BCUT2D eigenvalue weighted by atomic mass is 16.5. The van der Waals surface area contributed by atoms with Gasteiger partial charge >= 0.3 is 0 Å². The minimum absolute atomic E-state index is 0.0404. The van der Waals surface area contributed by atoms with Gasteiger partial charge in [-0.3, -0.25) is 11.3 Å². The molecule has 0 aromatic rings. The Morgan fingerprint density at radius 2 is 2.12 bits per heavy atom. The van der Waals surface area contributed by atoms with E-state index in [4.69, 9.17) is 10.6 Å². The van der Waals surface area contributed by atoms with Crippen LogP contribution in [-0.4, -0.2) is 18.8 Å². The smallest absolute Gasteiger partial charge is 0.0846 e. The molecule has 3 N–H and O–H groups in total. The average molecular weight is 242 g/mol. The van der Waals surface area contributed by atoms with Crippen LogP contribution in [0.4, 0.5) is 0 Å². The van der Waals surface area contributed by atoms with Crippen LogP contribution in [-0.2, 0) is 4.74 Å². The molecule has 0 heterocycles. The molecule has 1 saturated carbocycles. The van der Waals surface area contributed by atoms with Gasteiger partial charge in [-0.05, 0) is 37.5 Å². The molecule has 0 aromatic heterocycles. The first-order valence-corrected chi connectivity index (χ1v) is 7.05. The Labute approximate surface area is 106 Å². The highest BCUT2D eigenvalue weighted by molar-refractivity contribution is 4.96. The minimum atomic E-state index is -0.0404. The van der Waals surface area contributed by atoms with E-state index in [1.165, 1.54) is 19.3 Å². The summed E-state index contributed by atoms with van der Waals surface area (Å²) in [6, 6.07) is 0.289. The molecule has 0 bridgehead atoms. The quantitative estimate of drug-likeness (QED) is 0.556. The number of hydrazine groups is 1. The third-order valence-corrected chi connectivity index (χ3v) is 4.27. The Balaban J connectivity index is 2.66. The summed E-state index contributed by atoms with van der Waals surface area (Å²) in [5.74, 6) is 7.24. The largest absolute Gasteiger partial charge is 0.377 e. The molecule has 0 saturated heterocycles. The Morgan fingerprint density at radius 1 is 1.41 bits per heavy atom. The van der Waals surface area contributed by atoms with Crippen LogP contribution in [0, 0.1) is 11.8 Å². The van der Waals surface area contributed by atoms with Crippen molar-refractivity contribution in [1.82, 2.24) is 5.43 Å². The molecule has 0 radical (unpaired) electrons. The van der Waals surface area contributed by atoms with Crippen LogP contribution in [0.1, 0.15) is 59.3 Å². The molecular weight excluding hydrogens is 212 g/mol. The maximum atomic E-state index is 5.89. The molecule has 1 aliphatic rings. The van der Waals surface area contributed by atoms with Crippen molar-refractivity contribution in [2.24, 2.45) is 17.7 Å². The second kappa shape index (κ2) is 6.72. The minimum Gasteiger partial charge on any atom is -0.377 e. The van der Waals surface area contributed by atoms with Crippen molar-refractivity contribution in [1.29, 1.82) is 0 Å².